The number of rotatable bonds is 7. The number of hydrogen-bond acceptors (Lipinski definition) is 3. The summed E-state index contributed by atoms with van der Waals surface area (Å²) in [4.78, 5) is 26.7. The summed E-state index contributed by atoms with van der Waals surface area (Å²) in [5, 5.41) is 7.34. The molecular formula is C67H42N6O. The van der Waals surface area contributed by atoms with E-state index < -0.39 is 0 Å². The molecule has 74 heavy (non-hydrogen) atoms. The van der Waals surface area contributed by atoms with Gasteiger partial charge < -0.3 is 13.7 Å². The summed E-state index contributed by atoms with van der Waals surface area (Å²) >= 11 is 0. The van der Waals surface area contributed by atoms with Crippen molar-refractivity contribution in [1.29, 1.82) is 0 Å². The number of fused-ring (bicyclic) bond motifs is 11. The lowest BCUT2D eigenvalue weighted by Gasteiger charge is -2.15. The molecule has 0 fully saturated rings. The summed E-state index contributed by atoms with van der Waals surface area (Å²) in [6.45, 7) is 0. The van der Waals surface area contributed by atoms with Crippen molar-refractivity contribution in [3.63, 3.8) is 0 Å². The average Bonchev–Trinajstić information content (AvgIpc) is 4.13. The Bertz CT molecular complexity index is 4720. The number of aromatic nitrogens is 6. The third-order valence-corrected chi connectivity index (χ3v) is 14.8. The van der Waals surface area contributed by atoms with Crippen LogP contribution in [0.5, 0.6) is 0 Å². The SMILES string of the molecule is O=c1c2c(c3ccccc3n1-c1nc(-c3ccccc3)cc(-c3ccccc3)n1)c1cc(-c3ccc4c(c3)c3ccccc3n4-c3ccccc3)ccc1n2-c1ccc2c(c1)c1ccccc1n2-c1ccccc1. The molecule has 15 aromatic rings. The van der Waals surface area contributed by atoms with Gasteiger partial charge in [0.15, 0.2) is 0 Å². The van der Waals surface area contributed by atoms with Crippen molar-refractivity contribution in [2.75, 3.05) is 0 Å². The molecule has 0 unspecified atom stereocenters. The molecule has 15 rings (SSSR count). The fourth-order valence-corrected chi connectivity index (χ4v) is 11.5. The average molecular weight is 947 g/mol. The number of benzene rings is 10. The molecule has 346 valence electrons. The summed E-state index contributed by atoms with van der Waals surface area (Å²) in [6.07, 6.45) is 0. The summed E-state index contributed by atoms with van der Waals surface area (Å²) in [5.74, 6) is 0.301. The Labute approximate surface area is 424 Å². The summed E-state index contributed by atoms with van der Waals surface area (Å²) in [6, 6.07) is 88.7. The maximum Gasteiger partial charge on any atom is 0.282 e. The quantitative estimate of drug-likeness (QED) is 0.160. The highest BCUT2D eigenvalue weighted by molar-refractivity contribution is 6.22. The molecule has 0 atom stereocenters. The van der Waals surface area contributed by atoms with Crippen molar-refractivity contribution >= 4 is 76.3 Å². The lowest BCUT2D eigenvalue weighted by atomic mass is 9.99. The zero-order valence-corrected chi connectivity index (χ0v) is 39.8. The second-order valence-electron chi connectivity index (χ2n) is 18.9. The molecule has 5 heterocycles. The molecule has 7 nitrogen and oxygen atoms in total. The zero-order valence-electron chi connectivity index (χ0n) is 39.8. The Morgan fingerprint density at radius 2 is 0.676 bits per heavy atom. The number of nitrogens with zero attached hydrogens (tertiary/aromatic N) is 6. The van der Waals surface area contributed by atoms with Gasteiger partial charge in [-0.1, -0.05) is 164 Å². The monoisotopic (exact) mass is 946 g/mol. The van der Waals surface area contributed by atoms with Crippen molar-refractivity contribution in [3.05, 3.63) is 265 Å². The van der Waals surface area contributed by atoms with E-state index in [0.717, 1.165) is 111 Å². The van der Waals surface area contributed by atoms with Crippen LogP contribution in [-0.4, -0.2) is 28.2 Å². The molecule has 0 aliphatic heterocycles. The lowest BCUT2D eigenvalue weighted by Crippen LogP contribution is -2.23. The van der Waals surface area contributed by atoms with E-state index in [1.165, 1.54) is 10.8 Å². The minimum atomic E-state index is -0.220. The molecule has 0 radical (unpaired) electrons. The van der Waals surface area contributed by atoms with Crippen LogP contribution >= 0.6 is 0 Å². The molecular weight excluding hydrogens is 905 g/mol. The van der Waals surface area contributed by atoms with Crippen LogP contribution in [0.4, 0.5) is 0 Å². The van der Waals surface area contributed by atoms with E-state index in [-0.39, 0.29) is 5.56 Å². The molecule has 0 aliphatic rings. The van der Waals surface area contributed by atoms with Gasteiger partial charge in [-0.15, -0.1) is 0 Å². The van der Waals surface area contributed by atoms with Crippen LogP contribution in [0.3, 0.4) is 0 Å². The minimum Gasteiger partial charge on any atom is -0.309 e. The Hall–Kier alpha value is -10.1. The Balaban J connectivity index is 1.03. The Kier molecular flexibility index (Phi) is 9.28. The van der Waals surface area contributed by atoms with Crippen LogP contribution in [0, 0.1) is 0 Å². The van der Waals surface area contributed by atoms with Crippen molar-refractivity contribution < 1.29 is 0 Å². The first-order valence-electron chi connectivity index (χ1n) is 24.9. The Morgan fingerprint density at radius 1 is 0.270 bits per heavy atom. The topological polar surface area (TPSA) is 62.6 Å². The third kappa shape index (κ3) is 6.36. The zero-order chi connectivity index (χ0) is 48.9. The molecule has 0 N–H and O–H groups in total. The predicted molar refractivity (Wildman–Crippen MR) is 304 cm³/mol. The normalized spacial score (nSPS) is 11.8. The molecule has 0 amide bonds. The maximum atomic E-state index is 16.3. The van der Waals surface area contributed by atoms with E-state index in [0.29, 0.717) is 11.5 Å². The summed E-state index contributed by atoms with van der Waals surface area (Å²) < 4.78 is 8.56. The van der Waals surface area contributed by atoms with Gasteiger partial charge in [-0.25, -0.2) is 14.5 Å². The van der Waals surface area contributed by atoms with Crippen molar-refractivity contribution in [1.82, 2.24) is 28.2 Å². The van der Waals surface area contributed by atoms with Gasteiger partial charge in [-0.2, -0.15) is 0 Å². The van der Waals surface area contributed by atoms with E-state index >= 15 is 4.79 Å². The van der Waals surface area contributed by atoms with E-state index in [4.69, 9.17) is 9.97 Å². The first-order valence-corrected chi connectivity index (χ1v) is 24.9. The van der Waals surface area contributed by atoms with Crippen LogP contribution < -0.4 is 5.56 Å². The largest absolute Gasteiger partial charge is 0.309 e. The van der Waals surface area contributed by atoms with Crippen LogP contribution in [0.1, 0.15) is 0 Å². The maximum absolute atomic E-state index is 16.3. The van der Waals surface area contributed by atoms with Crippen LogP contribution in [0.15, 0.2) is 260 Å². The van der Waals surface area contributed by atoms with Crippen molar-refractivity contribution in [2.24, 2.45) is 0 Å². The summed E-state index contributed by atoms with van der Waals surface area (Å²) in [7, 11) is 0. The van der Waals surface area contributed by atoms with E-state index in [1.807, 2.05) is 84.9 Å². The van der Waals surface area contributed by atoms with Crippen LogP contribution in [-0.2, 0) is 0 Å². The standard InChI is InChI=1S/C67H42N6O/c74-66-65-64(52-29-15-18-32-60(52)73(66)67-68-56(43-19-5-1-6-20-43)42-57(69-67)44-21-7-2-8-22-44)55-40-46(45-33-36-61-53(39-45)50-27-13-16-30-58(50)70(61)47-23-9-3-10-24-47)34-37-63(55)72(65)49-35-38-62-54(41-49)51-28-14-17-31-59(51)71(62)48-25-11-4-12-26-48/h1-42H. The van der Waals surface area contributed by atoms with Gasteiger partial charge in [0.25, 0.3) is 5.56 Å². The van der Waals surface area contributed by atoms with Crippen LogP contribution in [0.25, 0.3) is 133 Å². The number of pyridine rings is 1. The number of hydrogen-bond donors (Lipinski definition) is 0. The first-order chi connectivity index (χ1) is 36.6. The highest BCUT2D eigenvalue weighted by Crippen LogP contribution is 2.42. The molecule has 5 aromatic heterocycles. The third-order valence-electron chi connectivity index (χ3n) is 14.8. The van der Waals surface area contributed by atoms with Gasteiger partial charge in [-0.3, -0.25) is 4.79 Å². The molecule has 0 saturated carbocycles. The van der Waals surface area contributed by atoms with Gasteiger partial charge in [-0.05, 0) is 102 Å². The lowest BCUT2D eigenvalue weighted by molar-refractivity contribution is 0.927. The highest BCUT2D eigenvalue weighted by atomic mass is 16.1. The van der Waals surface area contributed by atoms with E-state index in [1.54, 1.807) is 4.57 Å². The molecule has 10 aromatic carbocycles. The molecule has 7 heteroatoms. The fourth-order valence-electron chi connectivity index (χ4n) is 11.5. The van der Waals surface area contributed by atoms with Crippen molar-refractivity contribution in [2.45, 2.75) is 0 Å². The number of para-hydroxylation sites is 5. The second kappa shape index (κ2) is 16.5. The van der Waals surface area contributed by atoms with Crippen molar-refractivity contribution in [3.8, 4) is 56.7 Å². The fraction of sp³-hybridized carbons (Fsp3) is 0. The minimum absolute atomic E-state index is 0.220. The predicted octanol–water partition coefficient (Wildman–Crippen LogP) is 16.1. The van der Waals surface area contributed by atoms with Gasteiger partial charge >= 0.3 is 0 Å². The van der Waals surface area contributed by atoms with Crippen LogP contribution in [0.2, 0.25) is 0 Å². The van der Waals surface area contributed by atoms with Gasteiger partial charge in [0, 0.05) is 65.9 Å². The Morgan fingerprint density at radius 3 is 1.22 bits per heavy atom. The molecule has 0 saturated heterocycles. The molecule has 0 spiro atoms. The second-order valence-corrected chi connectivity index (χ2v) is 18.9. The smallest absolute Gasteiger partial charge is 0.282 e. The van der Waals surface area contributed by atoms with E-state index in [9.17, 15) is 0 Å². The first kappa shape index (κ1) is 41.7. The summed E-state index contributed by atoms with van der Waals surface area (Å²) in [5.41, 5.74) is 15.0. The molecule has 0 aliphatic carbocycles. The molecule has 0 bridgehead atoms. The van der Waals surface area contributed by atoms with Gasteiger partial charge in [0.05, 0.1) is 44.5 Å². The highest BCUT2D eigenvalue weighted by Gasteiger charge is 2.25. The van der Waals surface area contributed by atoms with E-state index in [2.05, 4.69) is 184 Å². The van der Waals surface area contributed by atoms with Gasteiger partial charge in [0.2, 0.25) is 5.95 Å². The van der Waals surface area contributed by atoms with Gasteiger partial charge in [0.1, 0.15) is 5.52 Å².